The Kier molecular flexibility index (Phi) is 4.54. The first-order valence-corrected chi connectivity index (χ1v) is 8.35. The SMILES string of the molecule is Cc1nc(C2CCCC2)sc1C(=O)NNc1nccnc1Cl. The number of nitrogens with one attached hydrogen (secondary N) is 2. The molecule has 3 rings (SSSR count). The fourth-order valence-corrected chi connectivity index (χ4v) is 3.84. The molecule has 116 valence electrons. The fraction of sp³-hybridized carbons (Fsp3) is 0.429. The highest BCUT2D eigenvalue weighted by Gasteiger charge is 2.23. The van der Waals surface area contributed by atoms with Crippen molar-refractivity contribution in [2.24, 2.45) is 0 Å². The van der Waals surface area contributed by atoms with E-state index in [2.05, 4.69) is 25.8 Å². The summed E-state index contributed by atoms with van der Waals surface area (Å²) in [4.78, 5) is 25.4. The monoisotopic (exact) mass is 337 g/mol. The van der Waals surface area contributed by atoms with E-state index >= 15 is 0 Å². The molecule has 22 heavy (non-hydrogen) atoms. The number of thiazole rings is 1. The third-order valence-electron chi connectivity index (χ3n) is 3.67. The summed E-state index contributed by atoms with van der Waals surface area (Å²) >= 11 is 7.35. The summed E-state index contributed by atoms with van der Waals surface area (Å²) < 4.78 is 0. The van der Waals surface area contributed by atoms with E-state index in [1.165, 1.54) is 49.4 Å². The number of aryl methyl sites for hydroxylation is 1. The summed E-state index contributed by atoms with van der Waals surface area (Å²) in [5, 5.41) is 1.27. The molecule has 0 atom stereocenters. The Balaban J connectivity index is 1.68. The molecular formula is C14H16ClN5OS. The smallest absolute Gasteiger partial charge is 0.279 e. The van der Waals surface area contributed by atoms with Crippen molar-refractivity contribution in [2.75, 3.05) is 5.43 Å². The van der Waals surface area contributed by atoms with Crippen molar-refractivity contribution in [3.05, 3.63) is 33.1 Å². The van der Waals surface area contributed by atoms with Crippen LogP contribution in [-0.4, -0.2) is 20.9 Å². The molecule has 2 aromatic rings. The minimum atomic E-state index is -0.235. The largest absolute Gasteiger partial charge is 0.281 e. The Morgan fingerprint density at radius 2 is 2.05 bits per heavy atom. The first kappa shape index (κ1) is 15.2. The van der Waals surface area contributed by atoms with Gasteiger partial charge in [0.25, 0.3) is 5.91 Å². The zero-order valence-electron chi connectivity index (χ0n) is 12.1. The van der Waals surface area contributed by atoms with Crippen molar-refractivity contribution in [1.29, 1.82) is 0 Å². The Morgan fingerprint density at radius 3 is 2.77 bits per heavy atom. The molecule has 2 aromatic heterocycles. The molecule has 1 aliphatic carbocycles. The summed E-state index contributed by atoms with van der Waals surface area (Å²) in [6.45, 7) is 1.86. The first-order chi connectivity index (χ1) is 10.6. The number of aromatic nitrogens is 3. The quantitative estimate of drug-likeness (QED) is 0.837. The summed E-state index contributed by atoms with van der Waals surface area (Å²) in [6, 6.07) is 0. The molecule has 0 unspecified atom stereocenters. The first-order valence-electron chi connectivity index (χ1n) is 7.15. The highest BCUT2D eigenvalue weighted by Crippen LogP contribution is 2.37. The van der Waals surface area contributed by atoms with Crippen LogP contribution >= 0.6 is 22.9 Å². The number of nitrogens with zero attached hydrogens (tertiary/aromatic N) is 3. The van der Waals surface area contributed by atoms with Gasteiger partial charge in [-0.1, -0.05) is 24.4 Å². The van der Waals surface area contributed by atoms with Gasteiger partial charge in [-0.05, 0) is 19.8 Å². The van der Waals surface area contributed by atoms with E-state index in [0.29, 0.717) is 16.6 Å². The Bertz CT molecular complexity index is 684. The number of amides is 1. The minimum Gasteiger partial charge on any atom is -0.279 e. The minimum absolute atomic E-state index is 0.204. The van der Waals surface area contributed by atoms with Crippen LogP contribution in [0.5, 0.6) is 0 Å². The standard InChI is InChI=1S/C14H16ClN5OS/c1-8-10(22-14(18-8)9-4-2-3-5-9)13(21)20-19-12-11(15)16-6-7-17-12/h6-7,9H,2-5H2,1H3,(H,17,19)(H,20,21). The van der Waals surface area contributed by atoms with Gasteiger partial charge in [-0.25, -0.2) is 15.0 Å². The van der Waals surface area contributed by atoms with Crippen molar-refractivity contribution >= 4 is 34.7 Å². The van der Waals surface area contributed by atoms with Gasteiger partial charge < -0.3 is 0 Å². The summed E-state index contributed by atoms with van der Waals surface area (Å²) in [5.74, 6) is 0.587. The van der Waals surface area contributed by atoms with Crippen molar-refractivity contribution in [3.8, 4) is 0 Å². The third-order valence-corrected chi connectivity index (χ3v) is 5.27. The lowest BCUT2D eigenvalue weighted by atomic mass is 10.1. The molecule has 1 saturated carbocycles. The van der Waals surface area contributed by atoms with E-state index in [1.807, 2.05) is 6.92 Å². The molecule has 6 nitrogen and oxygen atoms in total. The van der Waals surface area contributed by atoms with Crippen LogP contribution in [0.4, 0.5) is 5.82 Å². The van der Waals surface area contributed by atoms with Crippen molar-refractivity contribution < 1.29 is 4.79 Å². The second kappa shape index (κ2) is 6.58. The van der Waals surface area contributed by atoms with Crippen LogP contribution < -0.4 is 10.9 Å². The zero-order chi connectivity index (χ0) is 15.5. The van der Waals surface area contributed by atoms with Gasteiger partial charge >= 0.3 is 0 Å². The normalized spacial score (nSPS) is 15.0. The topological polar surface area (TPSA) is 79.8 Å². The molecule has 2 N–H and O–H groups in total. The number of hydrogen-bond acceptors (Lipinski definition) is 6. The van der Waals surface area contributed by atoms with Crippen LogP contribution in [0.1, 0.15) is 52.0 Å². The molecular weight excluding hydrogens is 322 g/mol. The van der Waals surface area contributed by atoms with Gasteiger partial charge in [0.2, 0.25) is 0 Å². The molecule has 1 aliphatic rings. The van der Waals surface area contributed by atoms with Gasteiger partial charge in [-0.2, -0.15) is 0 Å². The molecule has 0 radical (unpaired) electrons. The van der Waals surface area contributed by atoms with Gasteiger partial charge in [-0.15, -0.1) is 11.3 Å². The predicted octanol–water partition coefficient (Wildman–Crippen LogP) is 3.31. The Morgan fingerprint density at radius 1 is 1.32 bits per heavy atom. The Hall–Kier alpha value is -1.73. The van der Waals surface area contributed by atoms with Crippen LogP contribution in [0.2, 0.25) is 5.15 Å². The van der Waals surface area contributed by atoms with Crippen LogP contribution in [0, 0.1) is 6.92 Å². The van der Waals surface area contributed by atoms with E-state index in [9.17, 15) is 4.79 Å². The van der Waals surface area contributed by atoms with Crippen LogP contribution in [0.25, 0.3) is 0 Å². The van der Waals surface area contributed by atoms with Gasteiger partial charge in [-0.3, -0.25) is 15.6 Å². The lowest BCUT2D eigenvalue weighted by molar-refractivity contribution is 0.0965. The number of hydrazine groups is 1. The molecule has 2 heterocycles. The lowest BCUT2D eigenvalue weighted by Gasteiger charge is -2.07. The van der Waals surface area contributed by atoms with E-state index in [4.69, 9.17) is 11.6 Å². The van der Waals surface area contributed by atoms with E-state index in [1.54, 1.807) is 0 Å². The average Bonchev–Trinajstić information content (AvgIpc) is 3.15. The number of halogens is 1. The van der Waals surface area contributed by atoms with Gasteiger partial charge in [0.05, 0.1) is 10.7 Å². The number of anilines is 1. The highest BCUT2D eigenvalue weighted by atomic mass is 35.5. The summed E-state index contributed by atoms with van der Waals surface area (Å²) in [7, 11) is 0. The van der Waals surface area contributed by atoms with Crippen molar-refractivity contribution in [1.82, 2.24) is 20.4 Å². The second-order valence-corrected chi connectivity index (χ2v) is 6.61. The maximum Gasteiger partial charge on any atom is 0.281 e. The van der Waals surface area contributed by atoms with Crippen molar-refractivity contribution in [3.63, 3.8) is 0 Å². The maximum absolute atomic E-state index is 12.3. The summed E-state index contributed by atoms with van der Waals surface area (Å²) in [5.41, 5.74) is 6.05. The number of rotatable bonds is 4. The Labute approximate surface area is 137 Å². The second-order valence-electron chi connectivity index (χ2n) is 5.22. The van der Waals surface area contributed by atoms with Gasteiger partial charge in [0.1, 0.15) is 4.88 Å². The van der Waals surface area contributed by atoms with E-state index in [0.717, 1.165) is 10.7 Å². The molecule has 0 aromatic carbocycles. The van der Waals surface area contributed by atoms with Gasteiger partial charge in [0, 0.05) is 18.3 Å². The molecule has 0 bridgehead atoms. The van der Waals surface area contributed by atoms with Crippen LogP contribution in [0.15, 0.2) is 12.4 Å². The number of carbonyl (C=O) groups is 1. The molecule has 1 amide bonds. The van der Waals surface area contributed by atoms with E-state index < -0.39 is 0 Å². The average molecular weight is 338 g/mol. The predicted molar refractivity (Wildman–Crippen MR) is 86.2 cm³/mol. The third kappa shape index (κ3) is 3.20. The molecule has 1 fully saturated rings. The zero-order valence-corrected chi connectivity index (χ0v) is 13.7. The van der Waals surface area contributed by atoms with Crippen LogP contribution in [0.3, 0.4) is 0 Å². The number of carbonyl (C=O) groups excluding carboxylic acids is 1. The highest BCUT2D eigenvalue weighted by molar-refractivity contribution is 7.13. The van der Waals surface area contributed by atoms with E-state index in [-0.39, 0.29) is 11.1 Å². The molecule has 8 heteroatoms. The lowest BCUT2D eigenvalue weighted by Crippen LogP contribution is -2.29. The molecule has 0 spiro atoms. The fourth-order valence-electron chi connectivity index (χ4n) is 2.55. The summed E-state index contributed by atoms with van der Waals surface area (Å²) in [6.07, 6.45) is 7.81. The van der Waals surface area contributed by atoms with Crippen LogP contribution in [-0.2, 0) is 0 Å². The molecule has 0 saturated heterocycles. The van der Waals surface area contributed by atoms with Gasteiger partial charge in [0.15, 0.2) is 11.0 Å². The maximum atomic E-state index is 12.3. The molecule has 0 aliphatic heterocycles. The van der Waals surface area contributed by atoms with Crippen molar-refractivity contribution in [2.45, 2.75) is 38.5 Å². The number of hydrogen-bond donors (Lipinski definition) is 2.